The van der Waals surface area contributed by atoms with Crippen LogP contribution in [0.4, 0.5) is 0 Å². The lowest BCUT2D eigenvalue weighted by Gasteiger charge is -2.07. The Labute approximate surface area is 110 Å². The van der Waals surface area contributed by atoms with Gasteiger partial charge in [0.05, 0.1) is 12.8 Å². The highest BCUT2D eigenvalue weighted by Crippen LogP contribution is 2.28. The van der Waals surface area contributed by atoms with Crippen molar-refractivity contribution >= 4 is 5.78 Å². The molecule has 3 rings (SSSR count). The first-order valence-corrected chi connectivity index (χ1v) is 5.99. The molecule has 3 aromatic rings. The minimum Gasteiger partial charge on any atom is -0.496 e. The van der Waals surface area contributed by atoms with E-state index in [1.165, 1.54) is 0 Å². The van der Waals surface area contributed by atoms with Gasteiger partial charge in [0.2, 0.25) is 5.78 Å². The van der Waals surface area contributed by atoms with E-state index in [4.69, 9.17) is 10.5 Å². The molecule has 2 heterocycles. The molecule has 0 radical (unpaired) electrons. The first-order valence-electron chi connectivity index (χ1n) is 5.99. The molecule has 2 aromatic heterocycles. The van der Waals surface area contributed by atoms with E-state index in [1.54, 1.807) is 13.3 Å². The molecular weight excluding hydrogens is 240 g/mol. The molecule has 0 saturated heterocycles. The van der Waals surface area contributed by atoms with Crippen LogP contribution in [0, 0.1) is 0 Å². The van der Waals surface area contributed by atoms with Crippen molar-refractivity contribution in [1.82, 2.24) is 14.4 Å². The number of methoxy groups -OCH3 is 1. The van der Waals surface area contributed by atoms with Crippen LogP contribution in [0.1, 0.15) is 5.69 Å². The van der Waals surface area contributed by atoms with Gasteiger partial charge < -0.3 is 10.5 Å². The number of ether oxygens (including phenoxy) is 1. The van der Waals surface area contributed by atoms with Gasteiger partial charge in [-0.15, -0.1) is 0 Å². The molecular formula is C14H14N4O. The van der Waals surface area contributed by atoms with Crippen LogP contribution in [0.5, 0.6) is 5.75 Å². The van der Waals surface area contributed by atoms with E-state index >= 15 is 0 Å². The van der Waals surface area contributed by atoms with Gasteiger partial charge in [-0.3, -0.25) is 4.40 Å². The van der Waals surface area contributed by atoms with Crippen LogP contribution >= 0.6 is 0 Å². The van der Waals surface area contributed by atoms with E-state index in [2.05, 4.69) is 9.97 Å². The van der Waals surface area contributed by atoms with Crippen molar-refractivity contribution in [2.45, 2.75) is 6.54 Å². The van der Waals surface area contributed by atoms with E-state index in [0.29, 0.717) is 12.3 Å². The number of para-hydroxylation sites is 1. The van der Waals surface area contributed by atoms with Gasteiger partial charge in [0.25, 0.3) is 0 Å². The number of benzene rings is 1. The highest BCUT2D eigenvalue weighted by atomic mass is 16.5. The predicted molar refractivity (Wildman–Crippen MR) is 72.9 cm³/mol. The van der Waals surface area contributed by atoms with Crippen molar-refractivity contribution in [3.63, 3.8) is 0 Å². The van der Waals surface area contributed by atoms with Gasteiger partial charge in [0, 0.05) is 36.3 Å². The molecule has 0 aliphatic rings. The van der Waals surface area contributed by atoms with E-state index in [-0.39, 0.29) is 0 Å². The average molecular weight is 254 g/mol. The zero-order valence-electron chi connectivity index (χ0n) is 10.6. The van der Waals surface area contributed by atoms with Crippen molar-refractivity contribution in [3.8, 4) is 16.9 Å². The molecule has 0 saturated carbocycles. The number of imidazole rings is 1. The molecule has 96 valence electrons. The molecule has 1 aromatic carbocycles. The summed E-state index contributed by atoms with van der Waals surface area (Å²) in [5.74, 6) is 1.47. The minimum absolute atomic E-state index is 0.410. The molecule has 0 aliphatic heterocycles. The molecule has 0 bridgehead atoms. The Bertz CT molecular complexity index is 720. The lowest BCUT2D eigenvalue weighted by atomic mass is 10.1. The highest BCUT2D eigenvalue weighted by molar-refractivity contribution is 5.69. The normalized spacial score (nSPS) is 10.8. The summed E-state index contributed by atoms with van der Waals surface area (Å²) >= 11 is 0. The summed E-state index contributed by atoms with van der Waals surface area (Å²) in [5, 5.41) is 0. The molecule has 0 atom stereocenters. The van der Waals surface area contributed by atoms with Crippen LogP contribution in [0.25, 0.3) is 16.9 Å². The maximum absolute atomic E-state index is 5.58. The maximum Gasteiger partial charge on any atom is 0.233 e. The Hall–Kier alpha value is -2.40. The van der Waals surface area contributed by atoms with Crippen LogP contribution in [-0.4, -0.2) is 21.5 Å². The molecule has 2 N–H and O–H groups in total. The topological polar surface area (TPSA) is 65.4 Å². The van der Waals surface area contributed by atoms with Crippen LogP contribution in [-0.2, 0) is 6.54 Å². The largest absolute Gasteiger partial charge is 0.496 e. The summed E-state index contributed by atoms with van der Waals surface area (Å²) in [5.41, 5.74) is 8.39. The van der Waals surface area contributed by atoms with Crippen LogP contribution in [0.15, 0.2) is 42.9 Å². The Balaban J connectivity index is 2.14. The zero-order valence-corrected chi connectivity index (χ0v) is 10.6. The van der Waals surface area contributed by atoms with Crippen molar-refractivity contribution in [1.29, 1.82) is 0 Å². The minimum atomic E-state index is 0.410. The molecule has 19 heavy (non-hydrogen) atoms. The smallest absolute Gasteiger partial charge is 0.233 e. The lowest BCUT2D eigenvalue weighted by Crippen LogP contribution is -1.95. The second kappa shape index (κ2) is 4.70. The number of rotatable bonds is 3. The van der Waals surface area contributed by atoms with E-state index < -0.39 is 0 Å². The van der Waals surface area contributed by atoms with Gasteiger partial charge in [-0.2, -0.15) is 0 Å². The van der Waals surface area contributed by atoms with Gasteiger partial charge in [-0.25, -0.2) is 9.97 Å². The second-order valence-corrected chi connectivity index (χ2v) is 4.19. The quantitative estimate of drug-likeness (QED) is 0.774. The van der Waals surface area contributed by atoms with Gasteiger partial charge in [0.15, 0.2) is 0 Å². The fraction of sp³-hybridized carbons (Fsp3) is 0.143. The summed E-state index contributed by atoms with van der Waals surface area (Å²) in [6.45, 7) is 0.410. The third-order valence-corrected chi connectivity index (χ3v) is 2.99. The third-order valence-electron chi connectivity index (χ3n) is 2.99. The first kappa shape index (κ1) is 11.7. The number of nitrogens with zero attached hydrogens (tertiary/aromatic N) is 3. The molecule has 0 spiro atoms. The number of fused-ring (bicyclic) bond motifs is 1. The SMILES string of the molecule is COc1ccccc1-c1cnc2nc(CN)cn2c1. The summed E-state index contributed by atoms with van der Waals surface area (Å²) in [6.07, 6.45) is 5.66. The van der Waals surface area contributed by atoms with Gasteiger partial charge >= 0.3 is 0 Å². The fourth-order valence-corrected chi connectivity index (χ4v) is 2.05. The van der Waals surface area contributed by atoms with E-state index in [9.17, 15) is 0 Å². The Morgan fingerprint density at radius 2 is 2.11 bits per heavy atom. The van der Waals surface area contributed by atoms with Crippen LogP contribution in [0.2, 0.25) is 0 Å². The van der Waals surface area contributed by atoms with E-state index in [1.807, 2.05) is 41.1 Å². The highest BCUT2D eigenvalue weighted by Gasteiger charge is 2.07. The number of hydrogen-bond donors (Lipinski definition) is 1. The Kier molecular flexibility index (Phi) is 2.89. The number of hydrogen-bond acceptors (Lipinski definition) is 4. The van der Waals surface area contributed by atoms with Gasteiger partial charge in [-0.05, 0) is 6.07 Å². The summed E-state index contributed by atoms with van der Waals surface area (Å²) in [4.78, 5) is 8.65. The summed E-state index contributed by atoms with van der Waals surface area (Å²) in [6, 6.07) is 7.85. The number of aromatic nitrogens is 3. The fourth-order valence-electron chi connectivity index (χ4n) is 2.05. The van der Waals surface area contributed by atoms with Crippen molar-refractivity contribution < 1.29 is 4.74 Å². The number of nitrogens with two attached hydrogens (primary N) is 1. The zero-order chi connectivity index (χ0) is 13.2. The van der Waals surface area contributed by atoms with E-state index in [0.717, 1.165) is 22.6 Å². The van der Waals surface area contributed by atoms with Crippen molar-refractivity contribution in [2.75, 3.05) is 7.11 Å². The van der Waals surface area contributed by atoms with Crippen molar-refractivity contribution in [2.24, 2.45) is 5.73 Å². The first-order chi connectivity index (χ1) is 9.31. The standard InChI is InChI=1S/C14H14N4O/c1-19-13-5-3-2-4-12(13)10-7-16-14-17-11(6-15)9-18(14)8-10/h2-5,7-9H,6,15H2,1H3. The molecule has 5 nitrogen and oxygen atoms in total. The molecule has 0 fully saturated rings. The monoisotopic (exact) mass is 254 g/mol. The molecule has 0 unspecified atom stereocenters. The second-order valence-electron chi connectivity index (χ2n) is 4.19. The third kappa shape index (κ3) is 2.04. The van der Waals surface area contributed by atoms with Gasteiger partial charge in [-0.1, -0.05) is 18.2 Å². The summed E-state index contributed by atoms with van der Waals surface area (Å²) in [7, 11) is 1.66. The maximum atomic E-state index is 5.58. The molecule has 5 heteroatoms. The van der Waals surface area contributed by atoms with Crippen LogP contribution < -0.4 is 10.5 Å². The molecule has 0 aliphatic carbocycles. The average Bonchev–Trinajstić information content (AvgIpc) is 2.89. The van der Waals surface area contributed by atoms with Crippen LogP contribution in [0.3, 0.4) is 0 Å². The van der Waals surface area contributed by atoms with Crippen molar-refractivity contribution in [3.05, 3.63) is 48.5 Å². The predicted octanol–water partition coefficient (Wildman–Crippen LogP) is 1.86. The lowest BCUT2D eigenvalue weighted by molar-refractivity contribution is 0.416. The Morgan fingerprint density at radius 1 is 1.26 bits per heavy atom. The molecule has 0 amide bonds. The Morgan fingerprint density at radius 3 is 2.89 bits per heavy atom. The van der Waals surface area contributed by atoms with Gasteiger partial charge in [0.1, 0.15) is 5.75 Å². The summed E-state index contributed by atoms with van der Waals surface area (Å²) < 4.78 is 7.24.